The van der Waals surface area contributed by atoms with Crippen molar-refractivity contribution >= 4 is 11.6 Å². The Bertz CT molecular complexity index is 254. The molecule has 0 aliphatic carbocycles. The SMILES string of the molecule is ClCCOCCOCCOc1cc[c]cc1. The molecule has 0 atom stereocenters. The number of halogens is 1. The van der Waals surface area contributed by atoms with E-state index in [-0.39, 0.29) is 0 Å². The number of ether oxygens (including phenoxy) is 3. The zero-order chi connectivity index (χ0) is 11.5. The highest BCUT2D eigenvalue weighted by Crippen LogP contribution is 2.07. The molecular weight excluding hydrogens is 228 g/mol. The molecule has 0 fully saturated rings. The first-order chi connectivity index (χ1) is 7.93. The number of hydrogen-bond donors (Lipinski definition) is 0. The molecule has 1 aromatic rings. The number of rotatable bonds is 9. The predicted molar refractivity (Wildman–Crippen MR) is 63.1 cm³/mol. The second-order valence-electron chi connectivity index (χ2n) is 3.00. The summed E-state index contributed by atoms with van der Waals surface area (Å²) in [5.74, 6) is 1.36. The molecule has 0 spiro atoms. The van der Waals surface area contributed by atoms with Gasteiger partial charge in [-0.3, -0.25) is 0 Å². The minimum atomic E-state index is 0.522. The lowest BCUT2D eigenvalue weighted by Gasteiger charge is -2.06. The molecular formula is C12H16ClO3. The summed E-state index contributed by atoms with van der Waals surface area (Å²) in [5, 5.41) is 0. The molecule has 3 nitrogen and oxygen atoms in total. The van der Waals surface area contributed by atoms with Crippen molar-refractivity contribution in [3.05, 3.63) is 30.3 Å². The van der Waals surface area contributed by atoms with Crippen LogP contribution in [0.5, 0.6) is 5.75 Å². The number of benzene rings is 1. The topological polar surface area (TPSA) is 27.7 Å². The molecule has 89 valence electrons. The van der Waals surface area contributed by atoms with Gasteiger partial charge >= 0.3 is 0 Å². The monoisotopic (exact) mass is 243 g/mol. The molecule has 4 heteroatoms. The van der Waals surface area contributed by atoms with Crippen LogP contribution in [-0.2, 0) is 9.47 Å². The maximum atomic E-state index is 5.44. The number of hydrogen-bond acceptors (Lipinski definition) is 3. The van der Waals surface area contributed by atoms with E-state index in [1.54, 1.807) is 0 Å². The van der Waals surface area contributed by atoms with Crippen LogP contribution in [0.25, 0.3) is 0 Å². The molecule has 0 saturated heterocycles. The van der Waals surface area contributed by atoms with Crippen LogP contribution in [0.2, 0.25) is 0 Å². The summed E-state index contributed by atoms with van der Waals surface area (Å²) < 4.78 is 15.9. The average molecular weight is 244 g/mol. The Balaban J connectivity index is 1.89. The van der Waals surface area contributed by atoms with E-state index in [0.29, 0.717) is 38.9 Å². The molecule has 1 aromatic carbocycles. The smallest absolute Gasteiger partial charge is 0.119 e. The van der Waals surface area contributed by atoms with E-state index >= 15 is 0 Å². The normalized spacial score (nSPS) is 10.3. The fourth-order valence-corrected chi connectivity index (χ4v) is 1.17. The Morgan fingerprint density at radius 2 is 1.56 bits per heavy atom. The Morgan fingerprint density at radius 3 is 2.25 bits per heavy atom. The van der Waals surface area contributed by atoms with E-state index in [1.807, 2.05) is 24.3 Å². The Labute approximate surface area is 101 Å². The second kappa shape index (κ2) is 9.46. The Kier molecular flexibility index (Phi) is 7.86. The largest absolute Gasteiger partial charge is 0.491 e. The van der Waals surface area contributed by atoms with Crippen LogP contribution in [-0.4, -0.2) is 38.9 Å². The van der Waals surface area contributed by atoms with Crippen molar-refractivity contribution in [3.63, 3.8) is 0 Å². The maximum absolute atomic E-state index is 5.44. The van der Waals surface area contributed by atoms with Crippen LogP contribution in [0.1, 0.15) is 0 Å². The average Bonchev–Trinajstić information content (AvgIpc) is 2.34. The van der Waals surface area contributed by atoms with Crippen molar-refractivity contribution in [2.45, 2.75) is 0 Å². The van der Waals surface area contributed by atoms with Crippen molar-refractivity contribution in [2.75, 3.05) is 38.9 Å². The van der Waals surface area contributed by atoms with Gasteiger partial charge in [-0.2, -0.15) is 0 Å². The van der Waals surface area contributed by atoms with Crippen LogP contribution in [0, 0.1) is 6.07 Å². The third kappa shape index (κ3) is 6.67. The molecule has 0 aliphatic rings. The third-order valence-electron chi connectivity index (χ3n) is 1.78. The zero-order valence-corrected chi connectivity index (χ0v) is 9.91. The van der Waals surface area contributed by atoms with Crippen LogP contribution in [0.15, 0.2) is 24.3 Å². The van der Waals surface area contributed by atoms with E-state index in [0.717, 1.165) is 5.75 Å². The van der Waals surface area contributed by atoms with Crippen molar-refractivity contribution in [3.8, 4) is 5.75 Å². The second-order valence-corrected chi connectivity index (χ2v) is 3.38. The lowest BCUT2D eigenvalue weighted by atomic mass is 10.3. The van der Waals surface area contributed by atoms with E-state index in [9.17, 15) is 0 Å². The molecule has 0 N–H and O–H groups in total. The third-order valence-corrected chi connectivity index (χ3v) is 1.93. The molecule has 0 saturated carbocycles. The Hall–Kier alpha value is -0.770. The lowest BCUT2D eigenvalue weighted by Crippen LogP contribution is -2.11. The lowest BCUT2D eigenvalue weighted by molar-refractivity contribution is 0.0410. The van der Waals surface area contributed by atoms with Gasteiger partial charge in [0.2, 0.25) is 0 Å². The van der Waals surface area contributed by atoms with Gasteiger partial charge < -0.3 is 14.2 Å². The summed E-state index contributed by atoms with van der Waals surface area (Å²) >= 11 is 5.44. The van der Waals surface area contributed by atoms with Crippen molar-refractivity contribution in [2.24, 2.45) is 0 Å². The first kappa shape index (κ1) is 13.3. The van der Waals surface area contributed by atoms with Crippen molar-refractivity contribution < 1.29 is 14.2 Å². The molecule has 1 rings (SSSR count). The fourth-order valence-electron chi connectivity index (χ4n) is 1.06. The van der Waals surface area contributed by atoms with Crippen LogP contribution >= 0.6 is 11.6 Å². The molecule has 0 aromatic heterocycles. The molecule has 0 bridgehead atoms. The van der Waals surface area contributed by atoms with Crippen LogP contribution in [0.4, 0.5) is 0 Å². The highest BCUT2D eigenvalue weighted by molar-refractivity contribution is 6.17. The molecule has 0 unspecified atom stereocenters. The minimum absolute atomic E-state index is 0.522. The predicted octanol–water partition coefficient (Wildman–Crippen LogP) is 2.14. The fraction of sp³-hybridized carbons (Fsp3) is 0.500. The van der Waals surface area contributed by atoms with E-state index < -0.39 is 0 Å². The van der Waals surface area contributed by atoms with E-state index in [2.05, 4.69) is 6.07 Å². The molecule has 0 aliphatic heterocycles. The Morgan fingerprint density at radius 1 is 0.938 bits per heavy atom. The van der Waals surface area contributed by atoms with Crippen molar-refractivity contribution in [1.82, 2.24) is 0 Å². The van der Waals surface area contributed by atoms with Gasteiger partial charge in [0.25, 0.3) is 0 Å². The molecule has 0 amide bonds. The summed E-state index contributed by atoms with van der Waals surface area (Å²) in [5.41, 5.74) is 0. The summed E-state index contributed by atoms with van der Waals surface area (Å²) in [6.45, 7) is 2.82. The van der Waals surface area contributed by atoms with Crippen LogP contribution < -0.4 is 4.74 Å². The van der Waals surface area contributed by atoms with Crippen molar-refractivity contribution in [1.29, 1.82) is 0 Å². The summed E-state index contributed by atoms with van der Waals surface area (Å²) in [6.07, 6.45) is 0. The summed E-state index contributed by atoms with van der Waals surface area (Å²) in [4.78, 5) is 0. The highest BCUT2D eigenvalue weighted by atomic mass is 35.5. The quantitative estimate of drug-likeness (QED) is 0.491. The summed E-state index contributed by atoms with van der Waals surface area (Å²) in [7, 11) is 0. The highest BCUT2D eigenvalue weighted by Gasteiger charge is 1.92. The van der Waals surface area contributed by atoms with Gasteiger partial charge in [0.05, 0.1) is 26.4 Å². The number of alkyl halides is 1. The van der Waals surface area contributed by atoms with Gasteiger partial charge in [-0.15, -0.1) is 11.6 Å². The molecule has 1 radical (unpaired) electrons. The first-order valence-corrected chi connectivity index (χ1v) is 5.77. The van der Waals surface area contributed by atoms with Gasteiger partial charge in [-0.05, 0) is 18.2 Å². The standard InChI is InChI=1S/C12H16ClO3/c13-6-7-14-8-9-15-10-11-16-12-4-2-1-3-5-12/h2-5H,6-11H2. The van der Waals surface area contributed by atoms with E-state index in [1.165, 1.54) is 0 Å². The van der Waals surface area contributed by atoms with Gasteiger partial charge in [-0.1, -0.05) is 12.1 Å². The minimum Gasteiger partial charge on any atom is -0.491 e. The van der Waals surface area contributed by atoms with E-state index in [4.69, 9.17) is 25.8 Å². The van der Waals surface area contributed by atoms with Gasteiger partial charge in [0.15, 0.2) is 0 Å². The molecule has 0 heterocycles. The zero-order valence-electron chi connectivity index (χ0n) is 9.15. The maximum Gasteiger partial charge on any atom is 0.119 e. The van der Waals surface area contributed by atoms with Gasteiger partial charge in [0, 0.05) is 5.88 Å². The van der Waals surface area contributed by atoms with Gasteiger partial charge in [0.1, 0.15) is 12.4 Å². The van der Waals surface area contributed by atoms with Crippen LogP contribution in [0.3, 0.4) is 0 Å². The molecule has 16 heavy (non-hydrogen) atoms. The summed E-state index contributed by atoms with van der Waals surface area (Å²) in [6, 6.07) is 10.3. The first-order valence-electron chi connectivity index (χ1n) is 5.24. The van der Waals surface area contributed by atoms with Gasteiger partial charge in [-0.25, -0.2) is 0 Å².